The Balaban J connectivity index is 0.000000105. The minimum atomic E-state index is -0.458. The van der Waals surface area contributed by atoms with E-state index in [1.807, 2.05) is 89.5 Å². The number of rotatable bonds is 9. The van der Waals surface area contributed by atoms with E-state index >= 15 is 0 Å². The van der Waals surface area contributed by atoms with Crippen molar-refractivity contribution in [3.05, 3.63) is 466 Å². The molecule has 0 amide bonds. The summed E-state index contributed by atoms with van der Waals surface area (Å²) < 4.78 is 68.8. The fraction of sp³-hybridized carbons (Fsp3) is 0.0226. The van der Waals surface area contributed by atoms with Crippen LogP contribution in [0, 0.1) is 0 Å². The number of hydrogen-bond acceptors (Lipinski definition) is 10. The minimum absolute atomic E-state index is 0.00224. The molecule has 13 heteroatoms. The molecule has 0 bridgehead atoms. The normalized spacial score (nSPS) is 13.0. The molecule has 0 spiro atoms. The minimum Gasteiger partial charge on any atom is -0.456 e. The van der Waals surface area contributed by atoms with Gasteiger partial charge in [0, 0.05) is 97.0 Å². The van der Waals surface area contributed by atoms with Crippen molar-refractivity contribution in [2.75, 3.05) is 0 Å². The zero-order valence-corrected chi connectivity index (χ0v) is 79.4. The van der Waals surface area contributed by atoms with Crippen LogP contribution in [-0.4, -0.2) is 43.6 Å². The topological polar surface area (TPSA) is 132 Å². The van der Waals surface area contributed by atoms with Crippen molar-refractivity contribution in [2.45, 2.75) is 19.3 Å². The summed E-state index contributed by atoms with van der Waals surface area (Å²) in [5, 5.41) is 24.0. The van der Waals surface area contributed by atoms with Crippen LogP contribution in [0.4, 0.5) is 0 Å². The van der Waals surface area contributed by atoms with Gasteiger partial charge < -0.3 is 13.3 Å². The third-order valence-electron chi connectivity index (χ3n) is 29.6. The quantitative estimate of drug-likeness (QED) is 0.139. The van der Waals surface area contributed by atoms with Crippen LogP contribution in [0.3, 0.4) is 0 Å². The lowest BCUT2D eigenvalue weighted by Gasteiger charge is -2.22. The van der Waals surface area contributed by atoms with Gasteiger partial charge in [0.25, 0.3) is 0 Å². The van der Waals surface area contributed by atoms with E-state index in [2.05, 4.69) is 363 Å². The maximum absolute atomic E-state index is 8.74. The van der Waals surface area contributed by atoms with E-state index in [1.54, 1.807) is 11.3 Å². The number of thiophene rings is 1. The van der Waals surface area contributed by atoms with Gasteiger partial charge in [-0.3, -0.25) is 13.7 Å². The molecule has 32 rings (SSSR count). The van der Waals surface area contributed by atoms with Gasteiger partial charge in [-0.25, -0.2) is 24.9 Å². The Labute approximate surface area is 845 Å². The monoisotopic (exact) mass is 1890 g/mol. The molecule has 10 heterocycles. The van der Waals surface area contributed by atoms with Gasteiger partial charge in [-0.1, -0.05) is 335 Å². The lowest BCUT2D eigenvalue weighted by atomic mass is 9.84. The van der Waals surface area contributed by atoms with E-state index in [0.717, 1.165) is 148 Å². The molecule has 0 fully saturated rings. The SMILES string of the molecule is CC1(C)c2cc(-c3ccc4ccccc4c3)ccc2-c2c(-n3c4ccccc4c4cc5ccccc5cc43)nc(-c3ccc4oc5ccccc5c4c3)nc21.[2H]c1c([2H])c([2H])c(-c2nc(-n3c4ccccc4c4cc5ccccc5cc43)nc3oc4ccccc4c23)c([2H])c1[2H].c1ccc(-c2cc3sc4nc(-c5ccc6oc7ccccc7c6c5)nc(-n5c6ccccc6c6cc7ccccc7cc65)c4c3cc2-c2ccccc2)cc1. The Kier molecular flexibility index (Phi) is 17.3. The molecule has 12 nitrogen and oxygen atoms in total. The molecule has 0 atom stereocenters. The second-order valence-corrected chi connectivity index (χ2v) is 39.3. The summed E-state index contributed by atoms with van der Waals surface area (Å²) in [6.45, 7) is 4.63. The van der Waals surface area contributed by atoms with Crippen molar-refractivity contribution in [3.63, 3.8) is 0 Å². The molecule has 1 aliphatic carbocycles. The van der Waals surface area contributed by atoms with E-state index in [1.165, 1.54) is 103 Å². The summed E-state index contributed by atoms with van der Waals surface area (Å²) in [5.74, 6) is 3.42. The number of benzene rings is 21. The van der Waals surface area contributed by atoms with Gasteiger partial charge in [0.2, 0.25) is 11.7 Å². The Bertz CT molecular complexity index is 11300. The molecule has 21 aromatic carbocycles. The summed E-state index contributed by atoms with van der Waals surface area (Å²) >= 11 is 1.73. The van der Waals surface area contributed by atoms with Gasteiger partial charge in [-0.05, 0) is 221 Å². The predicted molar refractivity (Wildman–Crippen MR) is 604 cm³/mol. The molecule has 0 radical (unpaired) electrons. The number of para-hydroxylation sites is 6. The lowest BCUT2D eigenvalue weighted by Crippen LogP contribution is -2.18. The Morgan fingerprint density at radius 2 is 0.685 bits per heavy atom. The van der Waals surface area contributed by atoms with E-state index in [-0.39, 0.29) is 35.0 Å². The molecule has 682 valence electrons. The van der Waals surface area contributed by atoms with Crippen LogP contribution in [0.15, 0.2) is 468 Å². The number of furan rings is 3. The molecule has 10 aromatic heterocycles. The molecule has 31 aromatic rings. The van der Waals surface area contributed by atoms with Gasteiger partial charge >= 0.3 is 0 Å². The van der Waals surface area contributed by atoms with Crippen LogP contribution in [0.2, 0.25) is 0 Å². The zero-order valence-electron chi connectivity index (χ0n) is 83.6. The molecule has 0 saturated carbocycles. The Morgan fingerprint density at radius 1 is 0.260 bits per heavy atom. The maximum Gasteiger partial charge on any atom is 0.238 e. The predicted octanol–water partition coefficient (Wildman–Crippen LogP) is 35.7. The molecule has 1 aliphatic rings. The van der Waals surface area contributed by atoms with Crippen LogP contribution in [-0.2, 0) is 5.41 Å². The summed E-state index contributed by atoms with van der Waals surface area (Å²) in [6.07, 6.45) is 0. The van der Waals surface area contributed by atoms with Crippen molar-refractivity contribution in [1.29, 1.82) is 0 Å². The number of aromatic nitrogens is 9. The third kappa shape index (κ3) is 13.1. The first kappa shape index (κ1) is 77.7. The number of nitrogens with zero attached hydrogens (tertiary/aromatic N) is 9. The van der Waals surface area contributed by atoms with Crippen LogP contribution in [0.5, 0.6) is 0 Å². The molecule has 0 saturated heterocycles. The average molecular weight is 1890 g/mol. The van der Waals surface area contributed by atoms with Gasteiger partial charge in [-0.2, -0.15) is 4.98 Å². The molecule has 0 unspecified atom stereocenters. The van der Waals surface area contributed by atoms with Crippen LogP contribution < -0.4 is 0 Å². The lowest BCUT2D eigenvalue weighted by molar-refractivity contribution is 0.635. The highest BCUT2D eigenvalue weighted by atomic mass is 32.1. The van der Waals surface area contributed by atoms with Crippen LogP contribution in [0.1, 0.15) is 32.0 Å². The van der Waals surface area contributed by atoms with Crippen molar-refractivity contribution in [3.8, 4) is 96.1 Å². The first-order valence-corrected chi connectivity index (χ1v) is 49.8. The Morgan fingerprint density at radius 3 is 1.25 bits per heavy atom. The maximum atomic E-state index is 8.74. The van der Waals surface area contributed by atoms with E-state index in [4.69, 9.17) is 50.0 Å². The summed E-state index contributed by atoms with van der Waals surface area (Å²) in [4.78, 5) is 32.9. The summed E-state index contributed by atoms with van der Waals surface area (Å²) in [6, 6.07) is 147. The molecular formula is C133H81N9O3S. The Hall–Kier alpha value is -19.1. The smallest absolute Gasteiger partial charge is 0.238 e. The fourth-order valence-electron chi connectivity index (χ4n) is 22.7. The highest BCUT2D eigenvalue weighted by molar-refractivity contribution is 7.25. The van der Waals surface area contributed by atoms with Crippen molar-refractivity contribution in [1.82, 2.24) is 43.6 Å². The van der Waals surface area contributed by atoms with E-state index < -0.39 is 23.5 Å². The zero-order chi connectivity index (χ0) is 100. The highest BCUT2D eigenvalue weighted by Gasteiger charge is 2.42. The van der Waals surface area contributed by atoms with Crippen LogP contribution in [0.25, 0.3) is 291 Å². The second-order valence-electron chi connectivity index (χ2n) is 38.3. The molecule has 0 aliphatic heterocycles. The summed E-state index contributed by atoms with van der Waals surface area (Å²) in [5.41, 5.74) is 23.9. The number of hydrogen-bond donors (Lipinski definition) is 0. The third-order valence-corrected chi connectivity index (χ3v) is 30.7. The van der Waals surface area contributed by atoms with E-state index in [0.29, 0.717) is 28.0 Å². The largest absolute Gasteiger partial charge is 0.456 e. The van der Waals surface area contributed by atoms with Crippen molar-refractivity contribution < 1.29 is 20.1 Å². The second kappa shape index (κ2) is 32.5. The fourth-order valence-corrected chi connectivity index (χ4v) is 23.8. The average Bonchev–Trinajstić information content (AvgIpc) is 1.54. The van der Waals surface area contributed by atoms with Crippen LogP contribution >= 0.6 is 11.3 Å². The number of fused-ring (bicyclic) bond motifs is 28. The summed E-state index contributed by atoms with van der Waals surface area (Å²) in [7, 11) is 0. The van der Waals surface area contributed by atoms with Gasteiger partial charge in [0.05, 0.1) is 62.1 Å². The highest BCUT2D eigenvalue weighted by Crippen LogP contribution is 2.55. The molecular weight excluding hydrogens is 1800 g/mol. The van der Waals surface area contributed by atoms with Gasteiger partial charge in [0.1, 0.15) is 38.6 Å². The first-order valence-electron chi connectivity index (χ1n) is 51.5. The molecule has 146 heavy (non-hydrogen) atoms. The van der Waals surface area contributed by atoms with Gasteiger partial charge in [-0.15, -0.1) is 11.3 Å². The molecule has 0 N–H and O–H groups in total. The van der Waals surface area contributed by atoms with Crippen molar-refractivity contribution >= 4 is 206 Å². The van der Waals surface area contributed by atoms with Gasteiger partial charge in [0.15, 0.2) is 17.5 Å². The first-order chi connectivity index (χ1) is 74.2. The van der Waals surface area contributed by atoms with Crippen molar-refractivity contribution in [2.24, 2.45) is 0 Å². The van der Waals surface area contributed by atoms with E-state index in [9.17, 15) is 0 Å². The standard InChI is InChI=1S/C51H33N3O.C50H29N3OS.C32H19N3O/c1-51(2)42-28-35(34-20-19-30-11-3-4-12-31(30)25-34)21-23-39(42)47-48(51)52-49(36-22-24-46-41(27-36)38-16-8-10-18-45(38)55-46)53-50(47)54-43-17-9-7-15-37(43)40-26-32-13-5-6-14-33(32)29-44(40)54;1-3-13-30(14-4-1)37-28-41-46(29-38(37)31-15-5-2-6-16-31)55-50-47(41)49(51-48(52-50)34-23-24-45-40(26-34)36-20-10-12-22-44(36)54-45)53-42-21-11-9-19-35(42)39-25-32-17-7-8-18-33(32)27-43(39)53;1-2-10-20(11-3-1)30-29-24-15-7-9-17-28(24)36-31(29)34-32(33-30)35-26-16-8-6-14-23(26)25-18-21-12-4-5-13-22(21)19-27(25)35/h3-29H,1-2H3;1-29H;1-19H/i;;1D,2D,3D,10D,11D.